The maximum absolute atomic E-state index is 12.5. The molecule has 0 spiro atoms. The first kappa shape index (κ1) is 18.1. The van der Waals surface area contributed by atoms with E-state index in [4.69, 9.17) is 0 Å². The van der Waals surface area contributed by atoms with Gasteiger partial charge in [0.25, 0.3) is 0 Å². The van der Waals surface area contributed by atoms with E-state index in [2.05, 4.69) is 32.0 Å². The van der Waals surface area contributed by atoms with E-state index in [0.29, 0.717) is 6.04 Å². The Morgan fingerprint density at radius 1 is 1.16 bits per heavy atom. The molecule has 2 fully saturated rings. The topological polar surface area (TPSA) is 61.4 Å². The summed E-state index contributed by atoms with van der Waals surface area (Å²) in [5.41, 5.74) is 0. The minimum Gasteiger partial charge on any atom is -0.355 e. The SMILES string of the molecule is CCC1CCCCN1CCNC(=O)C1CCN(c2ncccn2)CC1. The lowest BCUT2D eigenvalue weighted by molar-refractivity contribution is -0.125. The summed E-state index contributed by atoms with van der Waals surface area (Å²) < 4.78 is 0. The average Bonchev–Trinajstić information content (AvgIpc) is 2.69. The molecule has 2 saturated heterocycles. The molecule has 2 aliphatic rings. The molecule has 1 unspecified atom stereocenters. The Morgan fingerprint density at radius 2 is 1.92 bits per heavy atom. The molecule has 1 N–H and O–H groups in total. The van der Waals surface area contributed by atoms with Crippen LogP contribution in [0.5, 0.6) is 0 Å². The van der Waals surface area contributed by atoms with Gasteiger partial charge in [0, 0.05) is 50.5 Å². The number of carbonyl (C=O) groups excluding carboxylic acids is 1. The largest absolute Gasteiger partial charge is 0.355 e. The number of nitrogens with one attached hydrogen (secondary N) is 1. The number of likely N-dealkylation sites (tertiary alicyclic amines) is 1. The fourth-order valence-electron chi connectivity index (χ4n) is 4.08. The molecule has 1 atom stereocenters. The van der Waals surface area contributed by atoms with Crippen molar-refractivity contribution in [3.8, 4) is 0 Å². The Kier molecular flexibility index (Phi) is 6.62. The van der Waals surface area contributed by atoms with E-state index in [9.17, 15) is 4.79 Å². The van der Waals surface area contributed by atoms with Gasteiger partial charge >= 0.3 is 0 Å². The van der Waals surface area contributed by atoms with Gasteiger partial charge in [-0.2, -0.15) is 0 Å². The predicted molar refractivity (Wildman–Crippen MR) is 99.5 cm³/mol. The Hall–Kier alpha value is -1.69. The molecule has 6 heteroatoms. The summed E-state index contributed by atoms with van der Waals surface area (Å²) in [6, 6.07) is 2.54. The maximum Gasteiger partial charge on any atom is 0.225 e. The third-order valence-corrected chi connectivity index (χ3v) is 5.62. The highest BCUT2D eigenvalue weighted by Gasteiger charge is 2.26. The summed E-state index contributed by atoms with van der Waals surface area (Å²) in [5, 5.41) is 3.17. The lowest BCUT2D eigenvalue weighted by Crippen LogP contribution is -2.46. The van der Waals surface area contributed by atoms with Gasteiger partial charge in [-0.25, -0.2) is 9.97 Å². The molecule has 0 aromatic carbocycles. The molecule has 3 rings (SSSR count). The number of hydrogen-bond acceptors (Lipinski definition) is 5. The second-order valence-corrected chi connectivity index (χ2v) is 7.19. The number of hydrogen-bond donors (Lipinski definition) is 1. The lowest BCUT2D eigenvalue weighted by Gasteiger charge is -2.35. The summed E-state index contributed by atoms with van der Waals surface area (Å²) in [7, 11) is 0. The van der Waals surface area contributed by atoms with Gasteiger partial charge in [0.2, 0.25) is 11.9 Å². The van der Waals surface area contributed by atoms with Crippen LogP contribution >= 0.6 is 0 Å². The smallest absolute Gasteiger partial charge is 0.225 e. The van der Waals surface area contributed by atoms with Crippen molar-refractivity contribution in [3.05, 3.63) is 18.5 Å². The van der Waals surface area contributed by atoms with Crippen molar-refractivity contribution in [1.82, 2.24) is 20.2 Å². The number of nitrogens with zero attached hydrogens (tertiary/aromatic N) is 4. The Bertz CT molecular complexity index is 530. The van der Waals surface area contributed by atoms with Crippen molar-refractivity contribution in [3.63, 3.8) is 0 Å². The van der Waals surface area contributed by atoms with Crippen LogP contribution in [-0.2, 0) is 4.79 Å². The van der Waals surface area contributed by atoms with Gasteiger partial charge in [-0.05, 0) is 44.7 Å². The number of amides is 1. The molecular weight excluding hydrogens is 314 g/mol. The van der Waals surface area contributed by atoms with Crippen LogP contribution in [0.2, 0.25) is 0 Å². The van der Waals surface area contributed by atoms with Crippen LogP contribution in [0.4, 0.5) is 5.95 Å². The second-order valence-electron chi connectivity index (χ2n) is 7.19. The van der Waals surface area contributed by atoms with Gasteiger partial charge in [-0.3, -0.25) is 9.69 Å². The molecule has 1 aromatic rings. The van der Waals surface area contributed by atoms with E-state index in [1.807, 2.05) is 6.07 Å². The van der Waals surface area contributed by atoms with Crippen molar-refractivity contribution in [2.24, 2.45) is 5.92 Å². The second kappa shape index (κ2) is 9.13. The van der Waals surface area contributed by atoms with Crippen LogP contribution in [0.25, 0.3) is 0 Å². The van der Waals surface area contributed by atoms with E-state index < -0.39 is 0 Å². The zero-order valence-electron chi connectivity index (χ0n) is 15.4. The standard InChI is InChI=1S/C19H31N5O/c1-2-17-6-3-4-12-23(17)15-11-20-18(25)16-7-13-24(14-8-16)19-21-9-5-10-22-19/h5,9-10,16-17H,2-4,6-8,11-15H2,1H3,(H,20,25). The van der Waals surface area contributed by atoms with E-state index >= 15 is 0 Å². The van der Waals surface area contributed by atoms with Gasteiger partial charge in [-0.1, -0.05) is 13.3 Å². The fourth-order valence-corrected chi connectivity index (χ4v) is 4.08. The van der Waals surface area contributed by atoms with Crippen molar-refractivity contribution in [2.75, 3.05) is 37.6 Å². The maximum atomic E-state index is 12.5. The molecule has 0 aliphatic carbocycles. The summed E-state index contributed by atoms with van der Waals surface area (Å²) in [6.45, 7) is 6.92. The zero-order chi connectivity index (χ0) is 17.5. The van der Waals surface area contributed by atoms with Crippen LogP contribution in [-0.4, -0.2) is 59.5 Å². The lowest BCUT2D eigenvalue weighted by atomic mass is 9.96. The molecule has 0 radical (unpaired) electrons. The molecule has 0 saturated carbocycles. The first-order chi connectivity index (χ1) is 12.3. The van der Waals surface area contributed by atoms with Crippen molar-refractivity contribution in [1.29, 1.82) is 0 Å². The number of aromatic nitrogens is 2. The third kappa shape index (κ3) is 4.91. The van der Waals surface area contributed by atoms with Gasteiger partial charge < -0.3 is 10.2 Å². The van der Waals surface area contributed by atoms with Gasteiger partial charge in [-0.15, -0.1) is 0 Å². The Balaban J connectivity index is 1.38. The molecule has 1 amide bonds. The highest BCUT2D eigenvalue weighted by molar-refractivity contribution is 5.78. The Morgan fingerprint density at radius 3 is 2.64 bits per heavy atom. The van der Waals surface area contributed by atoms with Crippen LogP contribution in [0.1, 0.15) is 45.4 Å². The van der Waals surface area contributed by atoms with Gasteiger partial charge in [0.15, 0.2) is 0 Å². The number of piperidine rings is 2. The predicted octanol–water partition coefficient (Wildman–Crippen LogP) is 2.07. The van der Waals surface area contributed by atoms with Crippen molar-refractivity contribution >= 4 is 11.9 Å². The van der Waals surface area contributed by atoms with Gasteiger partial charge in [0.1, 0.15) is 0 Å². The van der Waals surface area contributed by atoms with E-state index in [1.165, 1.54) is 32.2 Å². The summed E-state index contributed by atoms with van der Waals surface area (Å²) in [6.07, 6.45) is 10.5. The molecule has 25 heavy (non-hydrogen) atoms. The van der Waals surface area contributed by atoms with E-state index in [1.54, 1.807) is 12.4 Å². The zero-order valence-corrected chi connectivity index (χ0v) is 15.4. The molecule has 2 aliphatic heterocycles. The minimum absolute atomic E-state index is 0.128. The van der Waals surface area contributed by atoms with Crippen LogP contribution in [0, 0.1) is 5.92 Å². The average molecular weight is 345 g/mol. The van der Waals surface area contributed by atoms with Crippen molar-refractivity contribution in [2.45, 2.75) is 51.5 Å². The van der Waals surface area contributed by atoms with Crippen molar-refractivity contribution < 1.29 is 4.79 Å². The van der Waals surface area contributed by atoms with E-state index in [0.717, 1.165) is 45.0 Å². The summed E-state index contributed by atoms with van der Waals surface area (Å²) in [4.78, 5) is 25.8. The van der Waals surface area contributed by atoms with Crippen LogP contribution < -0.4 is 10.2 Å². The number of anilines is 1. The van der Waals surface area contributed by atoms with Gasteiger partial charge in [0.05, 0.1) is 0 Å². The molecule has 138 valence electrons. The summed E-state index contributed by atoms with van der Waals surface area (Å²) >= 11 is 0. The quantitative estimate of drug-likeness (QED) is 0.855. The van der Waals surface area contributed by atoms with E-state index in [-0.39, 0.29) is 11.8 Å². The Labute approximate surface area is 151 Å². The molecule has 0 bridgehead atoms. The van der Waals surface area contributed by atoms with Crippen LogP contribution in [0.3, 0.4) is 0 Å². The number of rotatable bonds is 6. The summed E-state index contributed by atoms with van der Waals surface area (Å²) in [5.74, 6) is 1.12. The van der Waals surface area contributed by atoms with Crippen LogP contribution in [0.15, 0.2) is 18.5 Å². The molecule has 3 heterocycles. The third-order valence-electron chi connectivity index (χ3n) is 5.62. The molecule has 1 aromatic heterocycles. The highest BCUT2D eigenvalue weighted by atomic mass is 16.1. The fraction of sp³-hybridized carbons (Fsp3) is 0.737. The normalized spacial score (nSPS) is 22.8. The monoisotopic (exact) mass is 345 g/mol. The highest BCUT2D eigenvalue weighted by Crippen LogP contribution is 2.21. The first-order valence-electron chi connectivity index (χ1n) is 9.81. The minimum atomic E-state index is 0.128. The molecule has 6 nitrogen and oxygen atoms in total. The molecular formula is C19H31N5O. The number of carbonyl (C=O) groups is 1. The first-order valence-corrected chi connectivity index (χ1v) is 9.81.